The fourth-order valence-corrected chi connectivity index (χ4v) is 2.79. The summed E-state index contributed by atoms with van der Waals surface area (Å²) in [7, 11) is 1.68. The Morgan fingerprint density at radius 1 is 1.33 bits per heavy atom. The molecule has 0 amide bonds. The van der Waals surface area contributed by atoms with Gasteiger partial charge in [0.15, 0.2) is 0 Å². The number of hydrogen-bond acceptors (Lipinski definition) is 3. The van der Waals surface area contributed by atoms with E-state index in [4.69, 9.17) is 9.47 Å². The minimum absolute atomic E-state index is 0.121. The summed E-state index contributed by atoms with van der Waals surface area (Å²) in [6.45, 7) is 4.23. The molecule has 0 bridgehead atoms. The molecule has 1 N–H and O–H groups in total. The lowest BCUT2D eigenvalue weighted by Crippen LogP contribution is -2.33. The molecule has 1 heterocycles. The van der Waals surface area contributed by atoms with Crippen molar-refractivity contribution in [2.45, 2.75) is 32.0 Å². The fraction of sp³-hybridized carbons (Fsp3) is 0.571. The Hall–Kier alpha value is -0.580. The number of methoxy groups -OCH3 is 1. The van der Waals surface area contributed by atoms with E-state index in [-0.39, 0.29) is 6.10 Å². The van der Waals surface area contributed by atoms with E-state index in [1.807, 2.05) is 6.07 Å². The molecule has 0 saturated carbocycles. The summed E-state index contributed by atoms with van der Waals surface area (Å²) in [6.07, 6.45) is 2.70. The molecule has 0 aromatic heterocycles. The van der Waals surface area contributed by atoms with Crippen LogP contribution < -0.4 is 10.1 Å². The molecule has 1 aromatic rings. The predicted molar refractivity (Wildman–Crippen MR) is 76.1 cm³/mol. The van der Waals surface area contributed by atoms with E-state index in [9.17, 15) is 0 Å². The summed E-state index contributed by atoms with van der Waals surface area (Å²) in [5.74, 6) is 0.854. The molecule has 3 nitrogen and oxygen atoms in total. The molecule has 1 aliphatic heterocycles. The molecule has 0 spiro atoms. The first-order valence-corrected chi connectivity index (χ1v) is 7.19. The molecule has 0 radical (unpaired) electrons. The average molecular weight is 314 g/mol. The van der Waals surface area contributed by atoms with Crippen LogP contribution in [0.1, 0.15) is 31.4 Å². The molecule has 100 valence electrons. The van der Waals surface area contributed by atoms with Gasteiger partial charge in [-0.2, -0.15) is 0 Å². The van der Waals surface area contributed by atoms with Crippen LogP contribution in [0.15, 0.2) is 22.7 Å². The highest BCUT2D eigenvalue weighted by molar-refractivity contribution is 9.10. The highest BCUT2D eigenvalue weighted by atomic mass is 79.9. The van der Waals surface area contributed by atoms with Crippen molar-refractivity contribution in [3.8, 4) is 5.75 Å². The van der Waals surface area contributed by atoms with Crippen molar-refractivity contribution in [1.29, 1.82) is 0 Å². The number of benzene rings is 1. The molecule has 1 unspecified atom stereocenters. The van der Waals surface area contributed by atoms with Crippen molar-refractivity contribution in [2.75, 3.05) is 20.2 Å². The van der Waals surface area contributed by atoms with Crippen LogP contribution in [0.25, 0.3) is 0 Å². The van der Waals surface area contributed by atoms with E-state index < -0.39 is 0 Å². The zero-order valence-electron chi connectivity index (χ0n) is 10.9. The molecule has 1 fully saturated rings. The lowest BCUT2D eigenvalue weighted by Gasteiger charge is -2.26. The molecule has 18 heavy (non-hydrogen) atoms. The molecule has 4 heteroatoms. The van der Waals surface area contributed by atoms with Gasteiger partial charge in [-0.15, -0.1) is 0 Å². The molecule has 1 aromatic carbocycles. The number of nitrogens with one attached hydrogen (secondary N) is 1. The highest BCUT2D eigenvalue weighted by Crippen LogP contribution is 2.30. The van der Waals surface area contributed by atoms with E-state index in [2.05, 4.69) is 40.3 Å². The minimum Gasteiger partial charge on any atom is -0.496 e. The van der Waals surface area contributed by atoms with Crippen LogP contribution in [-0.2, 0) is 4.74 Å². The summed E-state index contributed by atoms with van der Waals surface area (Å²) in [6, 6.07) is 6.11. The van der Waals surface area contributed by atoms with Crippen molar-refractivity contribution in [3.63, 3.8) is 0 Å². The molecule has 1 saturated heterocycles. The van der Waals surface area contributed by atoms with Gasteiger partial charge in [0.2, 0.25) is 0 Å². The Morgan fingerprint density at radius 2 is 2.06 bits per heavy atom. The summed E-state index contributed by atoms with van der Waals surface area (Å²) in [5, 5.41) is 3.35. The van der Waals surface area contributed by atoms with E-state index in [0.717, 1.165) is 36.2 Å². The first-order chi connectivity index (χ1) is 8.70. The topological polar surface area (TPSA) is 30.5 Å². The fourth-order valence-electron chi connectivity index (χ4n) is 2.23. The zero-order chi connectivity index (χ0) is 13.0. The normalized spacial score (nSPS) is 18.6. The van der Waals surface area contributed by atoms with Gasteiger partial charge in [0.1, 0.15) is 5.75 Å². The average Bonchev–Trinajstić information content (AvgIpc) is 2.39. The largest absolute Gasteiger partial charge is 0.496 e. The van der Waals surface area contributed by atoms with Crippen molar-refractivity contribution >= 4 is 15.9 Å². The van der Waals surface area contributed by atoms with Gasteiger partial charge in [-0.1, -0.05) is 6.07 Å². The van der Waals surface area contributed by atoms with Crippen LogP contribution in [0.4, 0.5) is 0 Å². The van der Waals surface area contributed by atoms with Gasteiger partial charge in [-0.25, -0.2) is 0 Å². The monoisotopic (exact) mass is 313 g/mol. The maximum Gasteiger partial charge on any atom is 0.133 e. The second-order valence-electron chi connectivity index (χ2n) is 4.62. The predicted octanol–water partition coefficient (Wildman–Crippen LogP) is 3.29. The van der Waals surface area contributed by atoms with E-state index in [1.165, 1.54) is 5.56 Å². The quantitative estimate of drug-likeness (QED) is 0.925. The van der Waals surface area contributed by atoms with Crippen LogP contribution in [0, 0.1) is 0 Å². The number of ether oxygens (including phenoxy) is 2. The first kappa shape index (κ1) is 13.8. The maximum atomic E-state index is 6.10. The molecular weight excluding hydrogens is 294 g/mol. The summed E-state index contributed by atoms with van der Waals surface area (Å²) < 4.78 is 12.3. The maximum absolute atomic E-state index is 6.10. The van der Waals surface area contributed by atoms with E-state index >= 15 is 0 Å². The minimum atomic E-state index is 0.121. The van der Waals surface area contributed by atoms with Gasteiger partial charge in [0.05, 0.1) is 23.8 Å². The highest BCUT2D eigenvalue weighted by Gasteiger charge is 2.17. The molecule has 1 atom stereocenters. The molecule has 0 aliphatic carbocycles. The Balaban J connectivity index is 1.99. The SMILES string of the molecule is COc1ccc(C(C)OC2CCNCC2)cc1Br. The lowest BCUT2D eigenvalue weighted by molar-refractivity contribution is -0.0187. The van der Waals surface area contributed by atoms with Gasteiger partial charge in [0.25, 0.3) is 0 Å². The molecule has 1 aliphatic rings. The summed E-state index contributed by atoms with van der Waals surface area (Å²) in [4.78, 5) is 0. The Labute approximate surface area is 117 Å². The van der Waals surface area contributed by atoms with Gasteiger partial charge in [-0.3, -0.25) is 0 Å². The van der Waals surface area contributed by atoms with E-state index in [1.54, 1.807) is 7.11 Å². The van der Waals surface area contributed by atoms with Gasteiger partial charge in [-0.05, 0) is 66.5 Å². The van der Waals surface area contributed by atoms with Crippen LogP contribution >= 0.6 is 15.9 Å². The second kappa shape index (κ2) is 6.55. The Morgan fingerprint density at radius 3 is 2.67 bits per heavy atom. The van der Waals surface area contributed by atoms with Gasteiger partial charge < -0.3 is 14.8 Å². The van der Waals surface area contributed by atoms with Crippen LogP contribution in [0.5, 0.6) is 5.75 Å². The zero-order valence-corrected chi connectivity index (χ0v) is 12.5. The molecule has 2 rings (SSSR count). The summed E-state index contributed by atoms with van der Waals surface area (Å²) >= 11 is 3.51. The standard InChI is InChI=1S/C14H20BrNO2/c1-10(18-12-5-7-16-8-6-12)11-3-4-14(17-2)13(15)9-11/h3-4,9-10,12,16H,5-8H2,1-2H3. The van der Waals surface area contributed by atoms with E-state index in [0.29, 0.717) is 6.10 Å². The Kier molecular flexibility index (Phi) is 5.03. The molecular formula is C14H20BrNO2. The first-order valence-electron chi connectivity index (χ1n) is 6.40. The van der Waals surface area contributed by atoms with Gasteiger partial charge >= 0.3 is 0 Å². The summed E-state index contributed by atoms with van der Waals surface area (Å²) in [5.41, 5.74) is 1.18. The van der Waals surface area contributed by atoms with Crippen LogP contribution in [-0.4, -0.2) is 26.3 Å². The Bertz CT molecular complexity index is 391. The second-order valence-corrected chi connectivity index (χ2v) is 5.48. The number of rotatable bonds is 4. The van der Waals surface area contributed by atoms with Gasteiger partial charge in [0, 0.05) is 0 Å². The third-order valence-corrected chi connectivity index (χ3v) is 3.95. The number of piperidine rings is 1. The lowest BCUT2D eigenvalue weighted by atomic mass is 10.1. The van der Waals surface area contributed by atoms with Crippen LogP contribution in [0.2, 0.25) is 0 Å². The van der Waals surface area contributed by atoms with Crippen molar-refractivity contribution in [1.82, 2.24) is 5.32 Å². The van der Waals surface area contributed by atoms with Crippen LogP contribution in [0.3, 0.4) is 0 Å². The number of hydrogen-bond donors (Lipinski definition) is 1. The van der Waals surface area contributed by atoms with Crippen molar-refractivity contribution in [3.05, 3.63) is 28.2 Å². The third-order valence-electron chi connectivity index (χ3n) is 3.33. The smallest absolute Gasteiger partial charge is 0.133 e. The number of halogens is 1. The van der Waals surface area contributed by atoms with Crippen molar-refractivity contribution < 1.29 is 9.47 Å². The third kappa shape index (κ3) is 3.46. The van der Waals surface area contributed by atoms with Crippen molar-refractivity contribution in [2.24, 2.45) is 0 Å².